The van der Waals surface area contributed by atoms with Crippen molar-refractivity contribution in [2.45, 2.75) is 64.6 Å². The molecule has 0 aromatic carbocycles. The molecule has 0 aliphatic carbocycles. The number of nitrogens with two attached hydrogens (primary N) is 2. The Hall–Kier alpha value is 0.0569. The van der Waals surface area contributed by atoms with Crippen LogP contribution in [-0.2, 0) is 8.85 Å². The highest BCUT2D eigenvalue weighted by molar-refractivity contribution is 6.66. The summed E-state index contributed by atoms with van der Waals surface area (Å²) in [5.41, 5.74) is 11.7. The van der Waals surface area contributed by atoms with E-state index in [2.05, 4.69) is 13.5 Å². The average molecular weight is 276 g/mol. The number of hydrogen-bond acceptors (Lipinski definition) is 4. The molecule has 4 nitrogen and oxygen atoms in total. The molecule has 0 amide bonds. The lowest BCUT2D eigenvalue weighted by molar-refractivity contribution is 0.185. The maximum Gasteiger partial charge on any atom is 0.334 e. The fourth-order valence-electron chi connectivity index (χ4n) is 2.11. The maximum atomic E-state index is 6.33. The van der Waals surface area contributed by atoms with Crippen LogP contribution >= 0.6 is 0 Å². The summed E-state index contributed by atoms with van der Waals surface area (Å²) in [6.45, 7) is 10.5. The molecule has 18 heavy (non-hydrogen) atoms. The van der Waals surface area contributed by atoms with Crippen molar-refractivity contribution in [1.82, 2.24) is 0 Å². The normalized spacial score (nSPS) is 15.7. The van der Waals surface area contributed by atoms with Crippen molar-refractivity contribution in [2.75, 3.05) is 19.8 Å². The van der Waals surface area contributed by atoms with Crippen LogP contribution in [0.15, 0.2) is 0 Å². The van der Waals surface area contributed by atoms with Gasteiger partial charge in [0, 0.05) is 18.8 Å². The molecule has 1 unspecified atom stereocenters. The van der Waals surface area contributed by atoms with E-state index in [-0.39, 0.29) is 5.54 Å². The van der Waals surface area contributed by atoms with Crippen LogP contribution in [0.2, 0.25) is 12.6 Å². The van der Waals surface area contributed by atoms with Gasteiger partial charge in [0.05, 0.1) is 0 Å². The molecule has 0 bridgehead atoms. The van der Waals surface area contributed by atoms with Crippen molar-refractivity contribution < 1.29 is 8.85 Å². The molecule has 0 heterocycles. The fourth-order valence-corrected chi connectivity index (χ4v) is 4.73. The van der Waals surface area contributed by atoms with E-state index in [0.29, 0.717) is 0 Å². The Balaban J connectivity index is 4.14. The van der Waals surface area contributed by atoms with Crippen LogP contribution in [0.1, 0.15) is 46.5 Å². The smallest absolute Gasteiger partial charge is 0.334 e. The highest BCUT2D eigenvalue weighted by Gasteiger charge is 2.33. The van der Waals surface area contributed by atoms with Gasteiger partial charge in [-0.1, -0.05) is 6.42 Å². The van der Waals surface area contributed by atoms with E-state index in [0.717, 1.165) is 51.5 Å². The summed E-state index contributed by atoms with van der Waals surface area (Å²) in [5, 5.41) is 0. The third-order valence-electron chi connectivity index (χ3n) is 3.25. The topological polar surface area (TPSA) is 70.5 Å². The third kappa shape index (κ3) is 8.21. The monoisotopic (exact) mass is 276 g/mol. The molecule has 0 rings (SSSR count). The molecule has 0 aliphatic heterocycles. The second-order valence-corrected chi connectivity index (χ2v) is 8.74. The quantitative estimate of drug-likeness (QED) is 0.449. The SMILES string of the molecule is CCO[Si](C)(CCC(C)(N)CCCCN)OCC. The summed E-state index contributed by atoms with van der Waals surface area (Å²) in [4.78, 5) is 0. The van der Waals surface area contributed by atoms with E-state index in [1.54, 1.807) is 0 Å². The molecule has 0 saturated heterocycles. The van der Waals surface area contributed by atoms with Gasteiger partial charge in [0.2, 0.25) is 0 Å². The van der Waals surface area contributed by atoms with Gasteiger partial charge in [-0.2, -0.15) is 0 Å². The molecule has 0 aliphatic rings. The molecule has 0 aromatic heterocycles. The predicted octanol–water partition coefficient (Wildman–Crippen LogP) is 2.37. The van der Waals surface area contributed by atoms with Gasteiger partial charge in [-0.3, -0.25) is 0 Å². The van der Waals surface area contributed by atoms with Crippen molar-refractivity contribution in [3.05, 3.63) is 0 Å². The number of rotatable bonds is 11. The zero-order valence-corrected chi connectivity index (χ0v) is 13.6. The van der Waals surface area contributed by atoms with Gasteiger partial charge in [0.25, 0.3) is 0 Å². The standard InChI is InChI=1S/C13H32N2O2Si/c1-5-16-18(4,17-6-2)12-10-13(3,15)9-7-8-11-14/h5-12,14-15H2,1-4H3. The lowest BCUT2D eigenvalue weighted by atomic mass is 9.93. The van der Waals surface area contributed by atoms with Crippen LogP contribution in [0.5, 0.6) is 0 Å². The van der Waals surface area contributed by atoms with Crippen molar-refractivity contribution >= 4 is 8.56 Å². The summed E-state index contributed by atoms with van der Waals surface area (Å²) in [7, 11) is -2.01. The van der Waals surface area contributed by atoms with E-state index in [1.165, 1.54) is 0 Å². The van der Waals surface area contributed by atoms with Crippen molar-refractivity contribution in [3.63, 3.8) is 0 Å². The van der Waals surface area contributed by atoms with Crippen molar-refractivity contribution in [1.29, 1.82) is 0 Å². The minimum atomic E-state index is -2.01. The summed E-state index contributed by atoms with van der Waals surface area (Å²) in [5.74, 6) is 0. The van der Waals surface area contributed by atoms with Gasteiger partial charge in [-0.05, 0) is 59.2 Å². The lowest BCUT2D eigenvalue weighted by Crippen LogP contribution is -2.44. The number of hydrogen-bond donors (Lipinski definition) is 2. The zero-order valence-electron chi connectivity index (χ0n) is 12.6. The molecular weight excluding hydrogens is 244 g/mol. The first-order valence-corrected chi connectivity index (χ1v) is 9.68. The summed E-state index contributed by atoms with van der Waals surface area (Å²) in [6.07, 6.45) is 4.14. The van der Waals surface area contributed by atoms with Gasteiger partial charge in [-0.15, -0.1) is 0 Å². The Kier molecular flexibility index (Phi) is 9.07. The van der Waals surface area contributed by atoms with Crippen LogP contribution in [0, 0.1) is 0 Å². The minimum absolute atomic E-state index is 0.127. The van der Waals surface area contributed by atoms with E-state index in [9.17, 15) is 0 Å². The van der Waals surface area contributed by atoms with Gasteiger partial charge < -0.3 is 20.3 Å². The number of unbranched alkanes of at least 4 members (excludes halogenated alkanes) is 1. The molecule has 0 spiro atoms. The summed E-state index contributed by atoms with van der Waals surface area (Å²) >= 11 is 0. The molecule has 0 saturated carbocycles. The second kappa shape index (κ2) is 9.04. The van der Waals surface area contributed by atoms with Gasteiger partial charge in [-0.25, -0.2) is 0 Å². The van der Waals surface area contributed by atoms with E-state index < -0.39 is 8.56 Å². The Bertz CT molecular complexity index is 207. The predicted molar refractivity (Wildman–Crippen MR) is 79.8 cm³/mol. The molecule has 5 heteroatoms. The Morgan fingerprint density at radius 1 is 1.06 bits per heavy atom. The fraction of sp³-hybridized carbons (Fsp3) is 1.00. The lowest BCUT2D eigenvalue weighted by Gasteiger charge is -2.31. The van der Waals surface area contributed by atoms with Crippen molar-refractivity contribution in [2.24, 2.45) is 11.5 Å². The molecule has 1 atom stereocenters. The van der Waals surface area contributed by atoms with Crippen LogP contribution in [0.4, 0.5) is 0 Å². The van der Waals surface area contributed by atoms with Gasteiger partial charge >= 0.3 is 8.56 Å². The maximum absolute atomic E-state index is 6.33. The first-order chi connectivity index (χ1) is 8.39. The molecule has 110 valence electrons. The molecule has 0 aromatic rings. The van der Waals surface area contributed by atoms with Crippen LogP contribution in [0.3, 0.4) is 0 Å². The third-order valence-corrected chi connectivity index (χ3v) is 6.21. The first kappa shape index (κ1) is 18.1. The van der Waals surface area contributed by atoms with Crippen molar-refractivity contribution in [3.8, 4) is 0 Å². The Morgan fingerprint density at radius 3 is 2.06 bits per heavy atom. The largest absolute Gasteiger partial charge is 0.395 e. The Labute approximate surface area is 114 Å². The van der Waals surface area contributed by atoms with Crippen LogP contribution < -0.4 is 11.5 Å². The molecule has 0 fully saturated rings. The summed E-state index contributed by atoms with van der Waals surface area (Å²) in [6, 6.07) is 0.963. The zero-order chi connectivity index (χ0) is 14.1. The Morgan fingerprint density at radius 2 is 1.61 bits per heavy atom. The first-order valence-electron chi connectivity index (χ1n) is 7.16. The molecule has 0 radical (unpaired) electrons. The summed E-state index contributed by atoms with van der Waals surface area (Å²) < 4.78 is 11.7. The van der Waals surface area contributed by atoms with Crippen LogP contribution in [0.25, 0.3) is 0 Å². The molecule has 4 N–H and O–H groups in total. The van der Waals surface area contributed by atoms with Gasteiger partial charge in [0.15, 0.2) is 0 Å². The van der Waals surface area contributed by atoms with Crippen LogP contribution in [-0.4, -0.2) is 33.9 Å². The van der Waals surface area contributed by atoms with E-state index in [1.807, 2.05) is 13.8 Å². The minimum Gasteiger partial charge on any atom is -0.395 e. The second-order valence-electron chi connectivity index (χ2n) is 5.40. The van der Waals surface area contributed by atoms with E-state index >= 15 is 0 Å². The molecular formula is C13H32N2O2Si. The van der Waals surface area contributed by atoms with E-state index in [4.69, 9.17) is 20.3 Å². The average Bonchev–Trinajstić information content (AvgIpc) is 2.28. The van der Waals surface area contributed by atoms with Gasteiger partial charge in [0.1, 0.15) is 0 Å². The highest BCUT2D eigenvalue weighted by Crippen LogP contribution is 2.24. The highest BCUT2D eigenvalue weighted by atomic mass is 28.4.